The van der Waals surface area contributed by atoms with Gasteiger partial charge in [0, 0.05) is 18.7 Å². The van der Waals surface area contributed by atoms with E-state index in [0.29, 0.717) is 29.0 Å². The smallest absolute Gasteiger partial charge is 0.353 e. The fraction of sp³-hybridized carbons (Fsp3) is 0.484. The largest absolute Gasteiger partial charge is 0.493 e. The molecule has 46 heavy (non-hydrogen) atoms. The first kappa shape index (κ1) is 36.0. The van der Waals surface area contributed by atoms with Gasteiger partial charge < -0.3 is 36.1 Å². The maximum Gasteiger partial charge on any atom is 0.353 e. The van der Waals surface area contributed by atoms with Crippen LogP contribution in [0.3, 0.4) is 0 Å². The third kappa shape index (κ3) is 7.02. The van der Waals surface area contributed by atoms with Crippen LogP contribution >= 0.6 is 12.4 Å². The van der Waals surface area contributed by atoms with Crippen molar-refractivity contribution in [3.8, 4) is 11.6 Å². The topological polar surface area (TPSA) is 207 Å². The molecule has 1 aromatic carbocycles. The molecule has 4 aliphatic rings. The molecule has 2 aromatic heterocycles. The van der Waals surface area contributed by atoms with Gasteiger partial charge in [0.25, 0.3) is 11.8 Å². The van der Waals surface area contributed by atoms with E-state index in [9.17, 15) is 29.4 Å². The van der Waals surface area contributed by atoms with Gasteiger partial charge in [0.1, 0.15) is 17.1 Å². The predicted molar refractivity (Wildman–Crippen MR) is 170 cm³/mol. The van der Waals surface area contributed by atoms with Gasteiger partial charge in [-0.15, -0.1) is 12.4 Å². The van der Waals surface area contributed by atoms with Crippen molar-refractivity contribution in [2.75, 3.05) is 18.5 Å². The number of benzene rings is 1. The molecule has 3 heterocycles. The molecule has 3 fully saturated rings. The number of carboxylic acids is 1. The normalized spacial score (nSPS) is 21.5. The summed E-state index contributed by atoms with van der Waals surface area (Å²) in [5.41, 5.74) is 6.94. The van der Waals surface area contributed by atoms with Crippen LogP contribution in [0.5, 0.6) is 11.6 Å². The van der Waals surface area contributed by atoms with Crippen LogP contribution in [-0.4, -0.2) is 67.6 Å². The number of fused-ring (bicyclic) bond motifs is 5. The zero-order valence-electron chi connectivity index (χ0n) is 25.0. The van der Waals surface area contributed by atoms with Crippen LogP contribution in [0.15, 0.2) is 30.5 Å². The summed E-state index contributed by atoms with van der Waals surface area (Å²) < 4.78 is 11.4. The van der Waals surface area contributed by atoms with Gasteiger partial charge in [-0.25, -0.2) is 19.2 Å². The molecule has 3 aliphatic carbocycles. The summed E-state index contributed by atoms with van der Waals surface area (Å²) in [6, 6.07) is 6.37. The number of hydrogen-bond donors (Lipinski definition) is 5. The molecule has 0 saturated heterocycles. The number of halogens is 1. The molecule has 1 unspecified atom stereocenters. The molecule has 2 bridgehead atoms. The van der Waals surface area contributed by atoms with Crippen LogP contribution in [0.4, 0.5) is 5.69 Å². The monoisotopic (exact) mass is 660 g/mol. The number of aromatic carboxylic acids is 1. The molecule has 14 nitrogen and oxygen atoms in total. The highest BCUT2D eigenvalue weighted by Crippen LogP contribution is 2.58. The maximum absolute atomic E-state index is 12.4. The van der Waals surface area contributed by atoms with E-state index < -0.39 is 17.8 Å². The Morgan fingerprint density at radius 3 is 2.46 bits per heavy atom. The number of nitrogens with one attached hydrogen (secondary N) is 2. The first-order valence-electron chi connectivity index (χ1n) is 14.5. The molecule has 0 radical (unpaired) electrons. The van der Waals surface area contributed by atoms with Gasteiger partial charge in [-0.2, -0.15) is 0 Å². The third-order valence-electron chi connectivity index (χ3n) is 9.02. The average Bonchev–Trinajstić information content (AvgIpc) is 3.40. The van der Waals surface area contributed by atoms with E-state index in [2.05, 4.69) is 27.5 Å². The van der Waals surface area contributed by atoms with E-state index in [4.69, 9.17) is 15.2 Å². The molecule has 2 amide bonds. The summed E-state index contributed by atoms with van der Waals surface area (Å²) >= 11 is 0. The molecule has 6 N–H and O–H groups in total. The van der Waals surface area contributed by atoms with Gasteiger partial charge in [0.05, 0.1) is 23.9 Å². The van der Waals surface area contributed by atoms with E-state index in [-0.39, 0.29) is 73.5 Å². The Morgan fingerprint density at radius 1 is 1.17 bits per heavy atom. The molecule has 0 spiro atoms. The molecular weight excluding hydrogens is 620 g/mol. The highest BCUT2D eigenvalue weighted by Gasteiger charge is 2.54. The number of rotatable bonds is 7. The Morgan fingerprint density at radius 2 is 1.85 bits per heavy atom. The number of carboxylic acid groups (broad SMARTS) is 1. The van der Waals surface area contributed by atoms with Crippen molar-refractivity contribution in [2.45, 2.75) is 72.4 Å². The number of nitrogens with two attached hydrogens (primary N) is 1. The summed E-state index contributed by atoms with van der Waals surface area (Å²) in [6.07, 6.45) is 7.28. The van der Waals surface area contributed by atoms with Crippen molar-refractivity contribution >= 4 is 47.6 Å². The lowest BCUT2D eigenvalue weighted by molar-refractivity contribution is -0.166. The summed E-state index contributed by atoms with van der Waals surface area (Å²) in [7, 11) is 0. The second kappa shape index (κ2) is 14.3. The lowest BCUT2D eigenvalue weighted by Gasteiger charge is -2.53. The number of ether oxygens (including phenoxy) is 2. The number of carbonyl (C=O) groups is 4. The molecule has 3 aromatic rings. The second-order valence-corrected chi connectivity index (χ2v) is 11.6. The Balaban J connectivity index is 0.000000275. The zero-order valence-corrected chi connectivity index (χ0v) is 25.8. The van der Waals surface area contributed by atoms with Crippen LogP contribution < -0.4 is 21.1 Å². The Labute approximate surface area is 272 Å². The standard InChI is InChI=1S/C17H13N5O6.C13H23NO2.CH4.ClH/c23-13-7-28-12-2-1-8(3-9(12)20-13)5-18-15(25)10-4-11(16(26)27)22-14(24)6-19-17(22)21-10;1-3-16-11(15)13-7-4-12(5-8-13,6-9-13)10(2)14;;/h1-4,6,24H,5,7H2,(H,18,25)(H,20,23)(H,26,27);10H,3-9,14H2,1-2H3;1H4;1H. The molecule has 15 heteroatoms. The quantitative estimate of drug-likeness (QED) is 0.231. The zero-order chi connectivity index (χ0) is 31.6. The summed E-state index contributed by atoms with van der Waals surface area (Å²) in [5.74, 6) is -2.18. The van der Waals surface area contributed by atoms with Crippen molar-refractivity contribution in [1.82, 2.24) is 19.7 Å². The number of esters is 1. The van der Waals surface area contributed by atoms with Crippen molar-refractivity contribution in [2.24, 2.45) is 16.6 Å². The van der Waals surface area contributed by atoms with Crippen molar-refractivity contribution in [1.29, 1.82) is 0 Å². The van der Waals surface area contributed by atoms with Gasteiger partial charge in [-0.05, 0) is 75.5 Å². The fourth-order valence-electron chi connectivity index (χ4n) is 6.25. The van der Waals surface area contributed by atoms with Crippen LogP contribution in [0.1, 0.15) is 86.3 Å². The number of nitrogens with zero attached hydrogens (tertiary/aromatic N) is 3. The van der Waals surface area contributed by atoms with Crippen molar-refractivity contribution in [3.63, 3.8) is 0 Å². The van der Waals surface area contributed by atoms with E-state index in [0.717, 1.165) is 55.2 Å². The second-order valence-electron chi connectivity index (χ2n) is 11.6. The van der Waals surface area contributed by atoms with E-state index in [1.165, 1.54) is 0 Å². The lowest BCUT2D eigenvalue weighted by atomic mass is 9.52. The molecule has 250 valence electrons. The molecule has 3 saturated carbocycles. The summed E-state index contributed by atoms with van der Waals surface area (Å²) in [4.78, 5) is 55.0. The number of aromatic hydroxyl groups is 1. The summed E-state index contributed by atoms with van der Waals surface area (Å²) in [6.45, 7) is 4.55. The van der Waals surface area contributed by atoms with Crippen LogP contribution in [0.25, 0.3) is 5.78 Å². The molecular formula is C31H41ClN6O8. The molecule has 1 atom stereocenters. The van der Waals surface area contributed by atoms with E-state index in [1.807, 2.05) is 6.92 Å². The number of imidazole rings is 1. The number of carbonyl (C=O) groups excluding carboxylic acids is 3. The highest BCUT2D eigenvalue weighted by molar-refractivity contribution is 5.96. The number of hydrogen-bond acceptors (Lipinski definition) is 10. The third-order valence-corrected chi connectivity index (χ3v) is 9.02. The van der Waals surface area contributed by atoms with Crippen LogP contribution in [0.2, 0.25) is 0 Å². The highest BCUT2D eigenvalue weighted by atomic mass is 35.5. The predicted octanol–water partition coefficient (Wildman–Crippen LogP) is 3.69. The molecule has 1 aliphatic heterocycles. The van der Waals surface area contributed by atoms with Crippen molar-refractivity contribution in [3.05, 3.63) is 47.4 Å². The minimum absolute atomic E-state index is 0. The maximum atomic E-state index is 12.4. The van der Waals surface area contributed by atoms with Gasteiger partial charge >= 0.3 is 11.9 Å². The minimum atomic E-state index is -1.35. The van der Waals surface area contributed by atoms with Crippen molar-refractivity contribution < 1.29 is 38.9 Å². The molecule has 7 rings (SSSR count). The first-order valence-corrected chi connectivity index (χ1v) is 14.5. The van der Waals surface area contributed by atoms with Crippen LogP contribution in [0, 0.1) is 10.8 Å². The Kier molecular flexibility index (Phi) is 11.2. The SMILES string of the molecule is C.CCOC(=O)C12CCC(C(C)N)(CC1)CC2.Cl.O=C1COc2ccc(CNC(=O)c3cc(C(=O)O)n4c(O)cnc4n3)cc2N1. The van der Waals surface area contributed by atoms with Gasteiger partial charge in [0.15, 0.2) is 6.61 Å². The Bertz CT molecular complexity index is 1600. The average molecular weight is 661 g/mol. The minimum Gasteiger partial charge on any atom is -0.493 e. The van der Waals surface area contributed by atoms with Crippen LogP contribution in [-0.2, 0) is 20.9 Å². The number of amides is 2. The number of anilines is 1. The lowest BCUT2D eigenvalue weighted by Crippen LogP contribution is -2.52. The van der Waals surface area contributed by atoms with Gasteiger partial charge in [0.2, 0.25) is 11.7 Å². The number of aromatic nitrogens is 3. The van der Waals surface area contributed by atoms with Gasteiger partial charge in [-0.1, -0.05) is 13.5 Å². The van der Waals surface area contributed by atoms with E-state index in [1.54, 1.807) is 18.2 Å². The first-order chi connectivity index (χ1) is 21.0. The van der Waals surface area contributed by atoms with E-state index >= 15 is 0 Å². The summed E-state index contributed by atoms with van der Waals surface area (Å²) in [5, 5.41) is 24.3. The Hall–Kier alpha value is -4.43. The fourth-order valence-corrected chi connectivity index (χ4v) is 6.25. The van der Waals surface area contributed by atoms with Gasteiger partial charge in [-0.3, -0.25) is 14.4 Å².